The average molecular weight is 1340 g/mol. The monoisotopic (exact) mass is 1340 g/mol. The van der Waals surface area contributed by atoms with Crippen molar-refractivity contribution in [3.8, 4) is 31.7 Å². The van der Waals surface area contributed by atoms with Crippen LogP contribution in [0.3, 0.4) is 0 Å². The number of carbonyl (C=O) groups is 4. The quantitative estimate of drug-likeness (QED) is 0.0564. The smallest absolute Gasteiger partial charge is 0.336 e. The van der Waals surface area contributed by atoms with Crippen LogP contribution in [0, 0.1) is 20.8 Å². The Morgan fingerprint density at radius 3 is 1.31 bits per heavy atom. The number of ketones is 3. The zero-order valence-corrected chi connectivity index (χ0v) is 52.6. The minimum atomic E-state index is -0.914. The largest absolute Gasteiger partial charge is 0.478 e. The van der Waals surface area contributed by atoms with Crippen molar-refractivity contribution in [3.63, 3.8) is 0 Å². The summed E-state index contributed by atoms with van der Waals surface area (Å²) in [4.78, 5) is 75.2. The van der Waals surface area contributed by atoms with Crippen LogP contribution in [0.1, 0.15) is 78.8 Å². The van der Waals surface area contributed by atoms with Gasteiger partial charge in [0.25, 0.3) is 0 Å². The van der Waals surface area contributed by atoms with E-state index in [0.29, 0.717) is 11.4 Å². The number of allylic oxidation sites excluding steroid dienone is 1. The first-order chi connectivity index (χ1) is 37.5. The van der Waals surface area contributed by atoms with Crippen molar-refractivity contribution in [2.24, 2.45) is 0 Å². The molecular weight excluding hydrogens is 1290 g/mol. The van der Waals surface area contributed by atoms with E-state index in [-0.39, 0.29) is 31.2 Å². The number of Topliss-reactive ketones (excluding diaryl/α,β-unsaturated/α-hetero) is 2. The van der Waals surface area contributed by atoms with Crippen LogP contribution in [-0.4, -0.2) is 128 Å². The van der Waals surface area contributed by atoms with Gasteiger partial charge in [-0.3, -0.25) is 14.4 Å². The topological polar surface area (TPSA) is 169 Å². The zero-order valence-electron chi connectivity index (χ0n) is 43.7. The predicted octanol–water partition coefficient (Wildman–Crippen LogP) is 13.2. The third-order valence-electron chi connectivity index (χ3n) is 8.72. The van der Waals surface area contributed by atoms with E-state index in [1.54, 1.807) is 80.5 Å². The maximum atomic E-state index is 11.4. The molecule has 0 spiro atoms. The van der Waals surface area contributed by atoms with Crippen molar-refractivity contribution in [2.75, 3.05) is 14.1 Å². The summed E-state index contributed by atoms with van der Waals surface area (Å²) in [5.74, 6) is 1.58. The molecule has 9 radical (unpaired) electrons. The second-order valence-corrected chi connectivity index (χ2v) is 22.7. The molecule has 0 amide bonds. The highest BCUT2D eigenvalue weighted by molar-refractivity contribution is 9.11. The minimum absolute atomic E-state index is 0. The van der Waals surface area contributed by atoms with E-state index in [2.05, 4.69) is 126 Å². The average Bonchev–Trinajstić information content (AvgIpc) is 4.29. The lowest BCUT2D eigenvalue weighted by molar-refractivity contribution is 0.0696. The molecule has 397 valence electrons. The third-order valence-corrected chi connectivity index (χ3v) is 15.8. The molecule has 0 bridgehead atoms. The Morgan fingerprint density at radius 2 is 1.02 bits per heavy atom. The molecule has 8 aromatic heterocycles. The lowest BCUT2D eigenvalue weighted by Crippen LogP contribution is -2.43. The van der Waals surface area contributed by atoms with Gasteiger partial charge in [0.1, 0.15) is 17.5 Å². The Bertz CT molecular complexity index is 3370. The lowest BCUT2D eigenvalue weighted by Gasteiger charge is -2.05. The summed E-state index contributed by atoms with van der Waals surface area (Å²) in [5.41, 5.74) is 15.7. The van der Waals surface area contributed by atoms with Gasteiger partial charge in [-0.05, 0) is 161 Å². The predicted molar refractivity (Wildman–Crippen MR) is 352 cm³/mol. The van der Waals surface area contributed by atoms with E-state index < -0.39 is 12.4 Å². The number of aromatic nitrogens is 6. The van der Waals surface area contributed by atoms with Crippen LogP contribution in [0.25, 0.3) is 31.7 Å². The van der Waals surface area contributed by atoms with Gasteiger partial charge in [-0.15, -0.1) is 56.7 Å². The Hall–Kier alpha value is -5.71. The second kappa shape index (κ2) is 39.6. The minimum Gasteiger partial charge on any atom is -0.478 e. The van der Waals surface area contributed by atoms with Crippen molar-refractivity contribution in [1.82, 2.24) is 34.8 Å². The molecule has 0 aromatic carbocycles. The molecular formula is C53H48B7Br3N7O5S5. The molecule has 80 heavy (non-hydrogen) atoms. The van der Waals surface area contributed by atoms with Crippen LogP contribution >= 0.6 is 104 Å². The zero-order chi connectivity index (χ0) is 59.0. The second-order valence-electron chi connectivity index (χ2n) is 15.4. The molecule has 27 heteroatoms. The standard InChI is InChI=1S/C11H10N2OS.C10H8N2O2S.C9H7BrN2S.C9H10BrNOS.C7H4.C6H5BrOS.CH4.B7/c1-7(14)9-5-11(15-6-9)10-3-4-12-8(2)13-10;1-6-11-3-2-8(12-6)9-4-7(5-15-9)10(13)14;1-6-11-3-2-8(12-6)9-4-7(10)5-13-9;1-11(2)4-3-8(12)9-5-7(10)6-13-9;1-3-5-7-6-4-2;1-4(8)6-2-5(7)3-9-6;;1-5-7(4)6(2)3/h3-6H,1-2H3;2-5H,1H3,(H,13,14);2-5H,1H3;3-6H,1-2H3;1-2H2;2-3H,1H3;1H4;. The first-order valence-electron chi connectivity index (χ1n) is 22.5. The molecule has 8 heterocycles. The summed E-state index contributed by atoms with van der Waals surface area (Å²) in [7, 11) is 25.4. The van der Waals surface area contributed by atoms with E-state index in [9.17, 15) is 19.2 Å². The Morgan fingerprint density at radius 1 is 0.625 bits per heavy atom. The van der Waals surface area contributed by atoms with Crippen LogP contribution in [-0.2, 0) is 0 Å². The number of aryl methyl sites for hydroxylation is 3. The van der Waals surface area contributed by atoms with Gasteiger partial charge in [0.2, 0.25) is 0 Å². The van der Waals surface area contributed by atoms with E-state index in [1.165, 1.54) is 52.4 Å². The normalized spacial score (nSPS) is 9.28. The van der Waals surface area contributed by atoms with Crippen LogP contribution < -0.4 is 0 Å². The van der Waals surface area contributed by atoms with Gasteiger partial charge in [0, 0.05) is 142 Å². The molecule has 0 fully saturated rings. The van der Waals surface area contributed by atoms with E-state index in [0.717, 1.165) is 72.1 Å². The van der Waals surface area contributed by atoms with Gasteiger partial charge in [0.05, 0.1) is 47.0 Å². The van der Waals surface area contributed by atoms with Crippen molar-refractivity contribution in [1.29, 1.82) is 0 Å². The molecule has 0 saturated carbocycles. The fourth-order valence-corrected chi connectivity index (χ4v) is 10.8. The molecule has 1 N–H and O–H groups in total. The van der Waals surface area contributed by atoms with Crippen molar-refractivity contribution in [3.05, 3.63) is 200 Å². The summed E-state index contributed by atoms with van der Waals surface area (Å²) in [6.07, 6.45) is 7.56. The number of hydrogen-bond acceptors (Lipinski definition) is 16. The number of thiophene rings is 5. The van der Waals surface area contributed by atoms with Crippen molar-refractivity contribution in [2.45, 2.75) is 42.0 Å². The van der Waals surface area contributed by atoms with Gasteiger partial charge in [0.15, 0.2) is 17.3 Å². The summed E-state index contributed by atoms with van der Waals surface area (Å²) in [5, 5.41) is 18.1. The summed E-state index contributed by atoms with van der Waals surface area (Å²) in [6, 6.07) is 14.7. The van der Waals surface area contributed by atoms with E-state index in [4.69, 9.17) is 36.1 Å². The molecule has 0 atom stereocenters. The van der Waals surface area contributed by atoms with Gasteiger partial charge < -0.3 is 10.0 Å². The molecule has 8 aromatic rings. The summed E-state index contributed by atoms with van der Waals surface area (Å²) in [6.45, 7) is 15.2. The number of carbonyl (C=O) groups excluding carboxylic acids is 3. The number of carboxylic acids is 1. The fraction of sp³-hybridized carbons (Fsp3) is 0.151. The highest BCUT2D eigenvalue weighted by Crippen LogP contribution is 2.29. The summed E-state index contributed by atoms with van der Waals surface area (Å²) >= 11 is 17.5. The van der Waals surface area contributed by atoms with Gasteiger partial charge in [-0.2, -0.15) is 0 Å². The maximum absolute atomic E-state index is 11.4. The highest BCUT2D eigenvalue weighted by Gasteiger charge is 2.11. The van der Waals surface area contributed by atoms with E-state index in [1.807, 2.05) is 84.7 Å². The molecule has 8 rings (SSSR count). The fourth-order valence-electron chi connectivity index (χ4n) is 4.95. The number of nitrogens with zero attached hydrogens (tertiary/aromatic N) is 7. The SMILES string of the molecule is C.C=C=C=C=C=C=C.CC(=O)c1cc(Br)cs1.CC(=O)c1csc(-c2ccnc(C)n2)c1.CN(C)C=CC(=O)c1cc(Br)cs1.Cc1nccc(-c2cc(Br)cs2)n1.Cc1nccc(-c2cc(C(=O)O)cs2)n1.[B][B]B([B])B([B])[B]. The molecule has 12 nitrogen and oxygen atoms in total. The number of carboxylic acid groups (broad SMARTS) is 1. The highest BCUT2D eigenvalue weighted by atomic mass is 79.9. The maximum Gasteiger partial charge on any atom is 0.336 e. The van der Waals surface area contributed by atoms with Gasteiger partial charge in [-0.25, -0.2) is 34.7 Å². The molecule has 0 aliphatic rings. The Labute approximate surface area is 520 Å². The van der Waals surface area contributed by atoms with Crippen molar-refractivity contribution >= 4 is 179 Å². The van der Waals surface area contributed by atoms with Gasteiger partial charge >= 0.3 is 5.97 Å². The van der Waals surface area contributed by atoms with Crippen LogP contribution in [0.4, 0.5) is 0 Å². The van der Waals surface area contributed by atoms with Crippen LogP contribution in [0.2, 0.25) is 0 Å². The summed E-state index contributed by atoms with van der Waals surface area (Å²) < 4.78 is 3.04. The number of aromatic carboxylic acids is 1. The first kappa shape index (κ1) is 72.3. The molecule has 0 aliphatic heterocycles. The van der Waals surface area contributed by atoms with Crippen LogP contribution in [0.5, 0.6) is 0 Å². The van der Waals surface area contributed by atoms with Crippen molar-refractivity contribution < 1.29 is 24.3 Å². The number of halogens is 3. The number of rotatable bonds is 11. The molecule has 0 aliphatic carbocycles. The Kier molecular flexibility index (Phi) is 35.8. The van der Waals surface area contributed by atoms with Crippen LogP contribution in [0.15, 0.2) is 162 Å². The Balaban J connectivity index is 0.000000475. The lowest BCUT2D eigenvalue weighted by atomic mass is 8.76. The number of hydrogen-bond donors (Lipinski definition) is 1. The third kappa shape index (κ3) is 29.1. The molecule has 0 unspecified atom stereocenters. The van der Waals surface area contributed by atoms with Gasteiger partial charge in [-0.1, -0.05) is 18.9 Å². The van der Waals surface area contributed by atoms with E-state index >= 15 is 0 Å². The molecule has 0 saturated heterocycles. The first-order valence-corrected chi connectivity index (χ1v) is 29.3.